The van der Waals surface area contributed by atoms with E-state index in [4.69, 9.17) is 4.74 Å². The van der Waals surface area contributed by atoms with E-state index in [1.807, 2.05) is 32.9 Å². The number of carbonyl (C=O) groups excluding carboxylic acids is 2. The lowest BCUT2D eigenvalue weighted by Crippen LogP contribution is -2.44. The van der Waals surface area contributed by atoms with Crippen LogP contribution in [0.25, 0.3) is 0 Å². The molecular weight excluding hydrogens is 354 g/mol. The number of rotatable bonds is 5. The minimum absolute atomic E-state index is 0.0133. The largest absolute Gasteiger partial charge is 0.452 e. The van der Waals surface area contributed by atoms with Crippen LogP contribution in [0.1, 0.15) is 46.3 Å². The highest BCUT2D eigenvalue weighted by Gasteiger charge is 2.42. The van der Waals surface area contributed by atoms with Gasteiger partial charge in [-0.25, -0.2) is 13.2 Å². The number of benzene rings is 1. The molecule has 1 amide bonds. The van der Waals surface area contributed by atoms with Crippen LogP contribution in [0, 0.1) is 20.8 Å². The Kier molecular flexibility index (Phi) is 5.10. The van der Waals surface area contributed by atoms with Crippen LogP contribution >= 0.6 is 0 Å². The van der Waals surface area contributed by atoms with E-state index in [0.29, 0.717) is 12.0 Å². The van der Waals surface area contributed by atoms with Gasteiger partial charge in [0.25, 0.3) is 5.91 Å². The molecule has 0 radical (unpaired) electrons. The molecule has 7 heteroatoms. The Bertz CT molecular complexity index is 818. The van der Waals surface area contributed by atoms with Gasteiger partial charge in [-0.05, 0) is 51.2 Å². The van der Waals surface area contributed by atoms with Crippen molar-refractivity contribution < 1.29 is 22.7 Å². The van der Waals surface area contributed by atoms with Crippen LogP contribution in [0.15, 0.2) is 12.1 Å². The molecule has 1 saturated carbocycles. The van der Waals surface area contributed by atoms with Crippen LogP contribution in [-0.2, 0) is 19.4 Å². The summed E-state index contributed by atoms with van der Waals surface area (Å²) in [4.78, 5) is 26.7. The Hall–Kier alpha value is -1.89. The molecule has 6 nitrogen and oxygen atoms in total. The minimum Gasteiger partial charge on any atom is -0.452 e. The molecule has 2 fully saturated rings. The number of amides is 1. The Balaban J connectivity index is 1.67. The normalized spacial score (nSPS) is 21.4. The van der Waals surface area contributed by atoms with Gasteiger partial charge in [0.15, 0.2) is 16.4 Å². The molecule has 3 rings (SSSR count). The van der Waals surface area contributed by atoms with E-state index in [9.17, 15) is 18.0 Å². The van der Waals surface area contributed by atoms with Crippen molar-refractivity contribution in [1.82, 2.24) is 4.90 Å². The number of nitrogens with zero attached hydrogens (tertiary/aromatic N) is 1. The highest BCUT2D eigenvalue weighted by Crippen LogP contribution is 2.32. The van der Waals surface area contributed by atoms with Crippen molar-refractivity contribution in [2.75, 3.05) is 18.1 Å². The standard InChI is InChI=1S/C19H25NO5S/c1-12-8-13(2)18(14(3)9-12)19(22)25-10-17(21)20(15-4-5-15)16-6-7-26(23,24)11-16/h8-9,15-16H,4-7,10-11H2,1-3H3/t16-/m0/s1. The second kappa shape index (κ2) is 7.02. The summed E-state index contributed by atoms with van der Waals surface area (Å²) in [5, 5.41) is 0. The van der Waals surface area contributed by atoms with Gasteiger partial charge in [0, 0.05) is 12.1 Å². The minimum atomic E-state index is -3.07. The maximum absolute atomic E-state index is 12.6. The van der Waals surface area contributed by atoms with E-state index in [1.165, 1.54) is 0 Å². The van der Waals surface area contributed by atoms with Crippen LogP contribution in [0.3, 0.4) is 0 Å². The number of sulfone groups is 1. The first-order chi connectivity index (χ1) is 12.2. The highest BCUT2D eigenvalue weighted by molar-refractivity contribution is 7.91. The van der Waals surface area contributed by atoms with Crippen molar-refractivity contribution in [3.05, 3.63) is 34.4 Å². The Labute approximate surface area is 154 Å². The molecule has 1 atom stereocenters. The van der Waals surface area contributed by atoms with E-state index in [0.717, 1.165) is 29.5 Å². The first kappa shape index (κ1) is 18.9. The van der Waals surface area contributed by atoms with E-state index >= 15 is 0 Å². The van der Waals surface area contributed by atoms with Gasteiger partial charge < -0.3 is 9.64 Å². The average Bonchev–Trinajstić information content (AvgIpc) is 3.28. The highest BCUT2D eigenvalue weighted by atomic mass is 32.2. The van der Waals surface area contributed by atoms with E-state index < -0.39 is 15.8 Å². The number of aryl methyl sites for hydroxylation is 3. The van der Waals surface area contributed by atoms with Crippen LogP contribution in [0.5, 0.6) is 0 Å². The molecule has 2 aliphatic rings. The molecule has 0 N–H and O–H groups in total. The maximum Gasteiger partial charge on any atom is 0.339 e. The van der Waals surface area contributed by atoms with Gasteiger partial charge in [0.05, 0.1) is 17.1 Å². The summed E-state index contributed by atoms with van der Waals surface area (Å²) in [6.07, 6.45) is 2.23. The quantitative estimate of drug-likeness (QED) is 0.731. The third kappa shape index (κ3) is 4.09. The van der Waals surface area contributed by atoms with Gasteiger partial charge in [-0.15, -0.1) is 0 Å². The fraction of sp³-hybridized carbons (Fsp3) is 0.579. The fourth-order valence-electron chi connectivity index (χ4n) is 3.83. The molecule has 1 aliphatic heterocycles. The molecule has 0 aromatic heterocycles. The SMILES string of the molecule is Cc1cc(C)c(C(=O)OCC(=O)N(C2CC2)[C@H]2CCS(=O)(=O)C2)c(C)c1. The van der Waals surface area contributed by atoms with Gasteiger partial charge in [0.2, 0.25) is 0 Å². The molecule has 0 spiro atoms. The molecular formula is C19H25NO5S. The Morgan fingerprint density at radius 1 is 1.08 bits per heavy atom. The van der Waals surface area contributed by atoms with Gasteiger partial charge >= 0.3 is 5.97 Å². The fourth-order valence-corrected chi connectivity index (χ4v) is 5.54. The number of hydrogen-bond acceptors (Lipinski definition) is 5. The lowest BCUT2D eigenvalue weighted by atomic mass is 10.00. The second-order valence-corrected chi connectivity index (χ2v) is 9.67. The average molecular weight is 379 g/mol. The summed E-state index contributed by atoms with van der Waals surface area (Å²) in [6, 6.07) is 3.61. The summed E-state index contributed by atoms with van der Waals surface area (Å²) < 4.78 is 28.8. The summed E-state index contributed by atoms with van der Waals surface area (Å²) in [5.41, 5.74) is 3.20. The van der Waals surface area contributed by atoms with Crippen LogP contribution in [-0.4, -0.2) is 55.4 Å². The molecule has 0 bridgehead atoms. The third-order valence-corrected chi connectivity index (χ3v) is 6.79. The molecule has 1 aliphatic carbocycles. The number of esters is 1. The molecule has 26 heavy (non-hydrogen) atoms. The lowest BCUT2D eigenvalue weighted by Gasteiger charge is -2.28. The maximum atomic E-state index is 12.6. The third-order valence-electron chi connectivity index (χ3n) is 5.04. The van der Waals surface area contributed by atoms with Crippen molar-refractivity contribution in [3.63, 3.8) is 0 Å². The van der Waals surface area contributed by atoms with Crippen LogP contribution < -0.4 is 0 Å². The monoisotopic (exact) mass is 379 g/mol. The smallest absolute Gasteiger partial charge is 0.339 e. The van der Waals surface area contributed by atoms with Gasteiger partial charge in [-0.1, -0.05) is 17.7 Å². The Morgan fingerprint density at radius 3 is 2.19 bits per heavy atom. The summed E-state index contributed by atoms with van der Waals surface area (Å²) in [5.74, 6) is -0.678. The van der Waals surface area contributed by atoms with Crippen molar-refractivity contribution in [2.24, 2.45) is 0 Å². The van der Waals surface area contributed by atoms with Gasteiger partial charge in [-0.3, -0.25) is 4.79 Å². The first-order valence-corrected chi connectivity index (χ1v) is 10.8. The number of carbonyl (C=O) groups is 2. The predicted octanol–water partition coefficient (Wildman–Crippen LogP) is 1.95. The molecule has 1 aromatic carbocycles. The summed E-state index contributed by atoms with van der Waals surface area (Å²) >= 11 is 0. The summed E-state index contributed by atoms with van der Waals surface area (Å²) in [6.45, 7) is 5.30. The van der Waals surface area contributed by atoms with Crippen LogP contribution in [0.4, 0.5) is 0 Å². The topological polar surface area (TPSA) is 80.8 Å². The second-order valence-electron chi connectivity index (χ2n) is 7.44. The molecule has 142 valence electrons. The van der Waals surface area contributed by atoms with E-state index in [-0.39, 0.29) is 36.1 Å². The number of hydrogen-bond donors (Lipinski definition) is 0. The molecule has 1 aromatic rings. The van der Waals surface area contributed by atoms with Gasteiger partial charge in [-0.2, -0.15) is 0 Å². The van der Waals surface area contributed by atoms with Gasteiger partial charge in [0.1, 0.15) is 0 Å². The predicted molar refractivity (Wildman–Crippen MR) is 97.9 cm³/mol. The molecule has 1 heterocycles. The van der Waals surface area contributed by atoms with E-state index in [2.05, 4.69) is 0 Å². The van der Waals surface area contributed by atoms with Crippen molar-refractivity contribution in [2.45, 2.75) is 52.1 Å². The van der Waals surface area contributed by atoms with Crippen LogP contribution in [0.2, 0.25) is 0 Å². The van der Waals surface area contributed by atoms with E-state index in [1.54, 1.807) is 4.90 Å². The lowest BCUT2D eigenvalue weighted by molar-refractivity contribution is -0.137. The molecule has 0 unspecified atom stereocenters. The number of ether oxygens (including phenoxy) is 1. The zero-order chi connectivity index (χ0) is 19.1. The van der Waals surface area contributed by atoms with Crippen molar-refractivity contribution >= 4 is 21.7 Å². The van der Waals surface area contributed by atoms with Crippen molar-refractivity contribution in [1.29, 1.82) is 0 Å². The molecule has 1 saturated heterocycles. The zero-order valence-electron chi connectivity index (χ0n) is 15.4. The summed E-state index contributed by atoms with van der Waals surface area (Å²) in [7, 11) is -3.07. The first-order valence-electron chi connectivity index (χ1n) is 8.94. The zero-order valence-corrected chi connectivity index (χ0v) is 16.3. The van der Waals surface area contributed by atoms with Crippen molar-refractivity contribution in [3.8, 4) is 0 Å². The Morgan fingerprint density at radius 2 is 1.69 bits per heavy atom.